The summed E-state index contributed by atoms with van der Waals surface area (Å²) in [5.74, 6) is 0. The Morgan fingerprint density at radius 1 is 0.581 bits per heavy atom. The average molecular weight is 449 g/mol. The number of alkyl halides is 6. The predicted octanol–water partition coefficient (Wildman–Crippen LogP) is 8.94. The minimum Gasteiger partial charge on any atom is -0.166 e. The Hall–Kier alpha value is -2.99. The smallest absolute Gasteiger partial charge is 0.166 e. The molecule has 0 unspecified atom stereocenters. The minimum absolute atomic E-state index is 0.0715. The van der Waals surface area contributed by atoms with Gasteiger partial charge in [-0.25, -0.2) is 0 Å². The topological polar surface area (TPSA) is 0 Å². The van der Waals surface area contributed by atoms with Crippen molar-refractivity contribution in [1.82, 2.24) is 0 Å². The van der Waals surface area contributed by atoms with E-state index in [-0.39, 0.29) is 21.5 Å². The summed E-state index contributed by atoms with van der Waals surface area (Å²) in [4.78, 5) is 0. The molecule has 0 nitrogen and oxygen atoms in total. The molecule has 0 spiro atoms. The van der Waals surface area contributed by atoms with Crippen LogP contribution in [0.3, 0.4) is 0 Å². The zero-order valence-corrected chi connectivity index (χ0v) is 16.3. The molecule has 0 atom stereocenters. The predicted molar refractivity (Wildman–Crippen MR) is 111 cm³/mol. The van der Waals surface area contributed by atoms with Gasteiger partial charge >= 0.3 is 12.4 Å². The van der Waals surface area contributed by atoms with Gasteiger partial charge in [0.25, 0.3) is 0 Å². The van der Waals surface area contributed by atoms with Crippen molar-refractivity contribution < 1.29 is 26.3 Å². The highest BCUT2D eigenvalue weighted by Crippen LogP contribution is 2.48. The van der Waals surface area contributed by atoms with Crippen LogP contribution in [0.5, 0.6) is 0 Å². The lowest BCUT2D eigenvalue weighted by Gasteiger charge is -2.21. The van der Waals surface area contributed by atoms with E-state index in [1.165, 1.54) is 12.1 Å². The fraction of sp³-hybridized carbons (Fsp3) is 0.0833. The molecule has 0 saturated heterocycles. The van der Waals surface area contributed by atoms with Crippen LogP contribution in [0.2, 0.25) is 5.02 Å². The van der Waals surface area contributed by atoms with E-state index in [1.54, 1.807) is 18.2 Å². The van der Waals surface area contributed by atoms with Crippen LogP contribution in [0, 0.1) is 0 Å². The first-order valence-electron chi connectivity index (χ1n) is 9.20. The molecular formula is C24H11ClF6. The fourth-order valence-corrected chi connectivity index (χ4v) is 4.46. The number of benzene rings is 5. The fourth-order valence-electron chi connectivity index (χ4n) is 4.24. The van der Waals surface area contributed by atoms with Gasteiger partial charge < -0.3 is 0 Å². The third kappa shape index (κ3) is 3.08. The van der Waals surface area contributed by atoms with Gasteiger partial charge in [0.15, 0.2) is 0 Å². The maximum Gasteiger partial charge on any atom is 0.417 e. The van der Waals surface area contributed by atoms with Gasteiger partial charge in [0, 0.05) is 10.6 Å². The van der Waals surface area contributed by atoms with Crippen LogP contribution in [0.15, 0.2) is 66.7 Å². The first-order valence-corrected chi connectivity index (χ1v) is 9.58. The number of hydrogen-bond donors (Lipinski definition) is 0. The van der Waals surface area contributed by atoms with Crippen molar-refractivity contribution in [3.05, 3.63) is 82.9 Å². The Kier molecular flexibility index (Phi) is 4.18. The molecule has 5 aromatic rings. The van der Waals surface area contributed by atoms with Gasteiger partial charge in [-0.1, -0.05) is 54.1 Å². The molecule has 0 N–H and O–H groups in total. The second-order valence-corrected chi connectivity index (χ2v) is 7.75. The van der Waals surface area contributed by atoms with Crippen LogP contribution in [0.25, 0.3) is 43.4 Å². The Morgan fingerprint density at radius 3 is 1.87 bits per heavy atom. The second kappa shape index (κ2) is 6.50. The SMILES string of the molecule is FC(F)(F)c1ccc(Cl)c(-c2cc3ccc4cccc5ccc(c2C(F)(F)F)c3c45)c1. The first-order chi connectivity index (χ1) is 14.6. The summed E-state index contributed by atoms with van der Waals surface area (Å²) >= 11 is 6.10. The van der Waals surface area contributed by atoms with E-state index in [9.17, 15) is 26.3 Å². The van der Waals surface area contributed by atoms with Crippen molar-refractivity contribution in [2.24, 2.45) is 0 Å². The molecule has 0 aliphatic rings. The van der Waals surface area contributed by atoms with E-state index >= 15 is 0 Å². The summed E-state index contributed by atoms with van der Waals surface area (Å²) in [7, 11) is 0. The van der Waals surface area contributed by atoms with E-state index in [0.29, 0.717) is 22.2 Å². The number of halogens is 7. The summed E-state index contributed by atoms with van der Waals surface area (Å²) < 4.78 is 82.7. The molecule has 5 aromatic carbocycles. The highest BCUT2D eigenvalue weighted by atomic mass is 35.5. The van der Waals surface area contributed by atoms with Crippen LogP contribution in [0.1, 0.15) is 11.1 Å². The standard InChI is InChI=1S/C24H11ClF6/c25-19-9-7-15(23(26,27)28)11-17(19)18-10-14-5-4-12-2-1-3-13-6-8-16(21(14)20(12)13)22(18)24(29,30)31/h1-11H. The molecule has 0 heterocycles. The van der Waals surface area contributed by atoms with Crippen molar-refractivity contribution in [3.63, 3.8) is 0 Å². The average Bonchev–Trinajstić information content (AvgIpc) is 2.70. The molecule has 0 fully saturated rings. The van der Waals surface area contributed by atoms with E-state index in [1.807, 2.05) is 18.2 Å². The van der Waals surface area contributed by atoms with E-state index in [2.05, 4.69) is 0 Å². The van der Waals surface area contributed by atoms with Crippen LogP contribution in [0.4, 0.5) is 26.3 Å². The van der Waals surface area contributed by atoms with Crippen LogP contribution >= 0.6 is 11.6 Å². The van der Waals surface area contributed by atoms with Gasteiger partial charge in [-0.3, -0.25) is 0 Å². The molecule has 5 rings (SSSR count). The summed E-state index contributed by atoms with van der Waals surface area (Å²) in [6.07, 6.45) is -9.52. The molecule has 0 amide bonds. The molecule has 7 heteroatoms. The van der Waals surface area contributed by atoms with Gasteiger partial charge in [-0.2, -0.15) is 26.3 Å². The first kappa shape index (κ1) is 19.9. The molecule has 0 aliphatic heterocycles. The van der Waals surface area contributed by atoms with Gasteiger partial charge in [0.2, 0.25) is 0 Å². The Bertz CT molecular complexity index is 1450. The molecular weight excluding hydrogens is 438 g/mol. The zero-order chi connectivity index (χ0) is 22.1. The summed E-state index contributed by atoms with van der Waals surface area (Å²) in [5, 5.41) is 2.92. The monoisotopic (exact) mass is 448 g/mol. The van der Waals surface area contributed by atoms with Gasteiger partial charge in [0.1, 0.15) is 0 Å². The summed E-state index contributed by atoms with van der Waals surface area (Å²) in [6.45, 7) is 0. The van der Waals surface area contributed by atoms with E-state index in [4.69, 9.17) is 11.6 Å². The summed E-state index contributed by atoms with van der Waals surface area (Å²) in [6, 6.07) is 15.5. The number of rotatable bonds is 1. The number of hydrogen-bond acceptors (Lipinski definition) is 0. The molecule has 156 valence electrons. The summed E-state index contributed by atoms with van der Waals surface area (Å²) in [5.41, 5.74) is -2.76. The van der Waals surface area contributed by atoms with Crippen molar-refractivity contribution >= 4 is 43.9 Å². The molecule has 0 aromatic heterocycles. The largest absolute Gasteiger partial charge is 0.417 e. The van der Waals surface area contributed by atoms with Crippen LogP contribution in [-0.4, -0.2) is 0 Å². The van der Waals surface area contributed by atoms with Crippen molar-refractivity contribution in [2.45, 2.75) is 12.4 Å². The molecule has 0 aliphatic carbocycles. The van der Waals surface area contributed by atoms with E-state index in [0.717, 1.165) is 22.9 Å². The maximum absolute atomic E-state index is 14.3. The highest BCUT2D eigenvalue weighted by molar-refractivity contribution is 6.34. The normalized spacial score (nSPS) is 13.0. The Labute approximate surface area is 177 Å². The van der Waals surface area contributed by atoms with Crippen molar-refractivity contribution in [3.8, 4) is 11.1 Å². The Balaban J connectivity index is 1.97. The Morgan fingerprint density at radius 2 is 1.23 bits per heavy atom. The molecule has 31 heavy (non-hydrogen) atoms. The van der Waals surface area contributed by atoms with Crippen LogP contribution < -0.4 is 0 Å². The molecule has 0 radical (unpaired) electrons. The van der Waals surface area contributed by atoms with Crippen molar-refractivity contribution in [2.75, 3.05) is 0 Å². The third-order valence-corrected chi connectivity index (χ3v) is 5.84. The molecule has 0 bridgehead atoms. The van der Waals surface area contributed by atoms with Gasteiger partial charge in [-0.15, -0.1) is 0 Å². The lowest BCUT2D eigenvalue weighted by molar-refractivity contribution is -0.137. The lowest BCUT2D eigenvalue weighted by atomic mass is 9.87. The van der Waals surface area contributed by atoms with Gasteiger partial charge in [0.05, 0.1) is 11.1 Å². The third-order valence-electron chi connectivity index (χ3n) is 5.51. The van der Waals surface area contributed by atoms with Crippen LogP contribution in [-0.2, 0) is 12.4 Å². The zero-order valence-electron chi connectivity index (χ0n) is 15.5. The lowest BCUT2D eigenvalue weighted by Crippen LogP contribution is -2.10. The van der Waals surface area contributed by atoms with E-state index < -0.39 is 23.5 Å². The van der Waals surface area contributed by atoms with Gasteiger partial charge in [-0.05, 0) is 62.1 Å². The highest BCUT2D eigenvalue weighted by Gasteiger charge is 2.38. The quantitative estimate of drug-likeness (QED) is 0.177. The minimum atomic E-state index is -4.81. The molecule has 0 saturated carbocycles. The van der Waals surface area contributed by atoms with Crippen molar-refractivity contribution in [1.29, 1.82) is 0 Å². The maximum atomic E-state index is 14.3. The second-order valence-electron chi connectivity index (χ2n) is 7.35.